The van der Waals surface area contributed by atoms with E-state index in [9.17, 15) is 0 Å². The number of para-hydroxylation sites is 2. The maximum Gasteiger partial charge on any atom is 0.124 e. The van der Waals surface area contributed by atoms with Crippen LogP contribution < -0.4 is 10.1 Å². The highest BCUT2D eigenvalue weighted by atomic mass is 79.9. The van der Waals surface area contributed by atoms with Crippen LogP contribution in [0.1, 0.15) is 25.5 Å². The van der Waals surface area contributed by atoms with Gasteiger partial charge < -0.3 is 10.1 Å². The topological polar surface area (TPSA) is 21.3 Å². The standard InChI is InChI=1S/C16H18BrNO/c1-3-19-16-11-7-4-8-13(16)12(2)18-15-10-6-5-9-14(15)17/h4-12,18H,3H2,1-2H3. The molecular weight excluding hydrogens is 302 g/mol. The lowest BCUT2D eigenvalue weighted by Crippen LogP contribution is -2.09. The fraction of sp³-hybridized carbons (Fsp3) is 0.250. The van der Waals surface area contributed by atoms with E-state index in [2.05, 4.69) is 40.3 Å². The zero-order chi connectivity index (χ0) is 13.7. The van der Waals surface area contributed by atoms with Gasteiger partial charge in [-0.3, -0.25) is 0 Å². The predicted octanol–water partition coefficient (Wildman–Crippen LogP) is 5.02. The molecule has 0 saturated carbocycles. The zero-order valence-corrected chi connectivity index (χ0v) is 12.8. The van der Waals surface area contributed by atoms with Crippen LogP contribution in [0.5, 0.6) is 5.75 Å². The van der Waals surface area contributed by atoms with Gasteiger partial charge in [0.25, 0.3) is 0 Å². The minimum atomic E-state index is 0.182. The third kappa shape index (κ3) is 3.51. The molecule has 0 bridgehead atoms. The van der Waals surface area contributed by atoms with Gasteiger partial charge in [-0.1, -0.05) is 30.3 Å². The summed E-state index contributed by atoms with van der Waals surface area (Å²) in [5.41, 5.74) is 2.25. The number of nitrogens with one attached hydrogen (secondary N) is 1. The van der Waals surface area contributed by atoms with E-state index in [4.69, 9.17) is 4.74 Å². The molecule has 100 valence electrons. The number of rotatable bonds is 5. The summed E-state index contributed by atoms with van der Waals surface area (Å²) >= 11 is 3.55. The summed E-state index contributed by atoms with van der Waals surface area (Å²) in [5, 5.41) is 3.50. The van der Waals surface area contributed by atoms with Gasteiger partial charge in [-0.25, -0.2) is 0 Å². The molecule has 0 aliphatic rings. The Morgan fingerprint density at radius 1 is 1.11 bits per heavy atom. The van der Waals surface area contributed by atoms with E-state index in [-0.39, 0.29) is 6.04 Å². The average molecular weight is 320 g/mol. The third-order valence-electron chi connectivity index (χ3n) is 2.93. The van der Waals surface area contributed by atoms with Crippen LogP contribution in [-0.2, 0) is 0 Å². The zero-order valence-electron chi connectivity index (χ0n) is 11.2. The van der Waals surface area contributed by atoms with Crippen LogP contribution in [0.15, 0.2) is 53.0 Å². The minimum Gasteiger partial charge on any atom is -0.494 e. The fourth-order valence-electron chi connectivity index (χ4n) is 2.01. The van der Waals surface area contributed by atoms with Crippen molar-refractivity contribution in [3.8, 4) is 5.75 Å². The van der Waals surface area contributed by atoms with Crippen LogP contribution in [0.3, 0.4) is 0 Å². The number of hydrogen-bond acceptors (Lipinski definition) is 2. The summed E-state index contributed by atoms with van der Waals surface area (Å²) in [5.74, 6) is 0.942. The van der Waals surface area contributed by atoms with Crippen molar-refractivity contribution in [1.82, 2.24) is 0 Å². The largest absolute Gasteiger partial charge is 0.494 e. The summed E-state index contributed by atoms with van der Waals surface area (Å²) in [6.45, 7) is 4.82. The molecule has 0 spiro atoms. The van der Waals surface area contributed by atoms with E-state index in [1.165, 1.54) is 5.56 Å². The normalized spacial score (nSPS) is 11.9. The first kappa shape index (κ1) is 13.9. The van der Waals surface area contributed by atoms with Crippen LogP contribution in [0, 0.1) is 0 Å². The Morgan fingerprint density at radius 3 is 2.53 bits per heavy atom. The second-order valence-corrected chi connectivity index (χ2v) is 5.17. The quantitative estimate of drug-likeness (QED) is 0.835. The van der Waals surface area contributed by atoms with Gasteiger partial charge in [0.1, 0.15) is 5.75 Å². The Kier molecular flexibility index (Phi) is 4.86. The van der Waals surface area contributed by atoms with Crippen molar-refractivity contribution in [1.29, 1.82) is 0 Å². The van der Waals surface area contributed by atoms with E-state index >= 15 is 0 Å². The van der Waals surface area contributed by atoms with Gasteiger partial charge in [0, 0.05) is 15.7 Å². The maximum atomic E-state index is 5.67. The van der Waals surface area contributed by atoms with E-state index in [0.29, 0.717) is 6.61 Å². The fourth-order valence-corrected chi connectivity index (χ4v) is 2.41. The predicted molar refractivity (Wildman–Crippen MR) is 83.8 cm³/mol. The second-order valence-electron chi connectivity index (χ2n) is 4.32. The first-order valence-electron chi connectivity index (χ1n) is 6.45. The number of halogens is 1. The smallest absolute Gasteiger partial charge is 0.124 e. The maximum absolute atomic E-state index is 5.67. The van der Waals surface area contributed by atoms with E-state index < -0.39 is 0 Å². The SMILES string of the molecule is CCOc1ccccc1C(C)Nc1ccccc1Br. The summed E-state index contributed by atoms with van der Waals surface area (Å²) in [7, 11) is 0. The Hall–Kier alpha value is -1.48. The highest BCUT2D eigenvalue weighted by Crippen LogP contribution is 2.30. The van der Waals surface area contributed by atoms with Crippen molar-refractivity contribution in [2.45, 2.75) is 19.9 Å². The van der Waals surface area contributed by atoms with Gasteiger partial charge in [0.15, 0.2) is 0 Å². The lowest BCUT2D eigenvalue weighted by Gasteiger charge is -2.19. The second kappa shape index (κ2) is 6.62. The van der Waals surface area contributed by atoms with Crippen molar-refractivity contribution in [2.75, 3.05) is 11.9 Å². The molecular formula is C16H18BrNO. The molecule has 19 heavy (non-hydrogen) atoms. The lowest BCUT2D eigenvalue weighted by molar-refractivity contribution is 0.335. The van der Waals surface area contributed by atoms with Crippen LogP contribution in [0.4, 0.5) is 5.69 Å². The molecule has 2 aromatic rings. The summed E-state index contributed by atoms with van der Waals surface area (Å²) in [4.78, 5) is 0. The minimum absolute atomic E-state index is 0.182. The van der Waals surface area contributed by atoms with Crippen molar-refractivity contribution < 1.29 is 4.74 Å². The van der Waals surface area contributed by atoms with Gasteiger partial charge in [0.2, 0.25) is 0 Å². The molecule has 2 aromatic carbocycles. The molecule has 1 atom stereocenters. The molecule has 1 N–H and O–H groups in total. The Morgan fingerprint density at radius 2 is 1.79 bits per heavy atom. The summed E-state index contributed by atoms with van der Waals surface area (Å²) in [6.07, 6.45) is 0. The molecule has 0 aliphatic carbocycles. The first-order chi connectivity index (χ1) is 9.22. The highest BCUT2D eigenvalue weighted by molar-refractivity contribution is 9.10. The monoisotopic (exact) mass is 319 g/mol. The third-order valence-corrected chi connectivity index (χ3v) is 3.62. The molecule has 0 aliphatic heterocycles. The van der Waals surface area contributed by atoms with Crippen LogP contribution >= 0.6 is 15.9 Å². The molecule has 0 amide bonds. The molecule has 1 unspecified atom stereocenters. The van der Waals surface area contributed by atoms with Crippen molar-refractivity contribution in [3.63, 3.8) is 0 Å². The van der Waals surface area contributed by atoms with Crippen molar-refractivity contribution in [3.05, 3.63) is 58.6 Å². The number of hydrogen-bond donors (Lipinski definition) is 1. The Balaban J connectivity index is 2.20. The lowest BCUT2D eigenvalue weighted by atomic mass is 10.1. The van der Waals surface area contributed by atoms with Gasteiger partial charge in [-0.2, -0.15) is 0 Å². The van der Waals surface area contributed by atoms with Crippen LogP contribution in [0.2, 0.25) is 0 Å². The molecule has 2 nitrogen and oxygen atoms in total. The van der Waals surface area contributed by atoms with Gasteiger partial charge in [-0.05, 0) is 48.0 Å². The molecule has 0 fully saturated rings. The van der Waals surface area contributed by atoms with Gasteiger partial charge >= 0.3 is 0 Å². The van der Waals surface area contributed by atoms with Crippen LogP contribution in [0.25, 0.3) is 0 Å². The van der Waals surface area contributed by atoms with Crippen LogP contribution in [-0.4, -0.2) is 6.61 Å². The number of anilines is 1. The van der Waals surface area contributed by atoms with E-state index in [1.807, 2.05) is 43.3 Å². The number of ether oxygens (including phenoxy) is 1. The van der Waals surface area contributed by atoms with Gasteiger partial charge in [-0.15, -0.1) is 0 Å². The summed E-state index contributed by atoms with van der Waals surface area (Å²) in [6, 6.07) is 16.4. The Labute approximate surface area is 122 Å². The van der Waals surface area contributed by atoms with Gasteiger partial charge in [0.05, 0.1) is 12.6 Å². The van der Waals surface area contributed by atoms with E-state index in [1.54, 1.807) is 0 Å². The molecule has 2 rings (SSSR count). The average Bonchev–Trinajstić information content (AvgIpc) is 2.42. The first-order valence-corrected chi connectivity index (χ1v) is 7.24. The van der Waals surface area contributed by atoms with Crippen molar-refractivity contribution >= 4 is 21.6 Å². The molecule has 0 saturated heterocycles. The molecule has 3 heteroatoms. The highest BCUT2D eigenvalue weighted by Gasteiger charge is 2.11. The van der Waals surface area contributed by atoms with Crippen molar-refractivity contribution in [2.24, 2.45) is 0 Å². The number of benzene rings is 2. The molecule has 0 aromatic heterocycles. The Bertz CT molecular complexity index is 542. The summed E-state index contributed by atoms with van der Waals surface area (Å²) < 4.78 is 6.74. The molecule has 0 heterocycles. The van der Waals surface area contributed by atoms with E-state index in [0.717, 1.165) is 15.9 Å². The molecule has 0 radical (unpaired) electrons.